The van der Waals surface area contributed by atoms with Crippen LogP contribution in [0.25, 0.3) is 16.8 Å². The standard InChI is InChI=1S/C13H12O2/c14-9-3-6-12-11-5-2-1-4-10(11)7-8-13(12)15/h1-8,14-15H,9H2/b6-3+. The first-order valence-electron chi connectivity index (χ1n) is 4.81. The summed E-state index contributed by atoms with van der Waals surface area (Å²) >= 11 is 0. The van der Waals surface area contributed by atoms with Crippen molar-refractivity contribution in [1.82, 2.24) is 0 Å². The van der Waals surface area contributed by atoms with Crippen molar-refractivity contribution in [2.75, 3.05) is 6.61 Å². The minimum atomic E-state index is -0.0251. The monoisotopic (exact) mass is 200 g/mol. The molecule has 0 aromatic heterocycles. The predicted octanol–water partition coefficient (Wildman–Crippen LogP) is 2.55. The molecule has 2 rings (SSSR count). The first-order chi connectivity index (χ1) is 7.33. The highest BCUT2D eigenvalue weighted by Gasteiger charge is 2.02. The van der Waals surface area contributed by atoms with Crippen molar-refractivity contribution in [1.29, 1.82) is 0 Å². The van der Waals surface area contributed by atoms with Crippen molar-refractivity contribution < 1.29 is 10.2 Å². The van der Waals surface area contributed by atoms with E-state index in [1.165, 1.54) is 0 Å². The van der Waals surface area contributed by atoms with Crippen molar-refractivity contribution in [3.8, 4) is 5.75 Å². The number of hydrogen-bond donors (Lipinski definition) is 2. The Bertz CT molecular complexity index is 501. The Hall–Kier alpha value is -1.80. The SMILES string of the molecule is OC/C=C/c1c(O)ccc2ccccc12. The second-order valence-corrected chi connectivity index (χ2v) is 3.30. The van der Waals surface area contributed by atoms with Gasteiger partial charge in [0.15, 0.2) is 0 Å². The lowest BCUT2D eigenvalue weighted by Crippen LogP contribution is -1.80. The number of aliphatic hydroxyl groups excluding tert-OH is 1. The van der Waals surface area contributed by atoms with Gasteiger partial charge in [-0.1, -0.05) is 42.5 Å². The Balaban J connectivity index is 2.68. The summed E-state index contributed by atoms with van der Waals surface area (Å²) in [6.07, 6.45) is 3.35. The van der Waals surface area contributed by atoms with Crippen LogP contribution in [-0.4, -0.2) is 16.8 Å². The van der Waals surface area contributed by atoms with Crippen LogP contribution in [0.5, 0.6) is 5.75 Å². The highest BCUT2D eigenvalue weighted by atomic mass is 16.3. The van der Waals surface area contributed by atoms with Gasteiger partial charge in [0.05, 0.1) is 6.61 Å². The zero-order chi connectivity index (χ0) is 10.7. The Morgan fingerprint density at radius 3 is 2.67 bits per heavy atom. The Kier molecular flexibility index (Phi) is 2.70. The average Bonchev–Trinajstić information content (AvgIpc) is 2.28. The van der Waals surface area contributed by atoms with E-state index >= 15 is 0 Å². The van der Waals surface area contributed by atoms with Gasteiger partial charge in [0.1, 0.15) is 5.75 Å². The van der Waals surface area contributed by atoms with Crippen LogP contribution in [0.3, 0.4) is 0 Å². The number of aliphatic hydroxyl groups is 1. The summed E-state index contributed by atoms with van der Waals surface area (Å²) < 4.78 is 0. The number of aromatic hydroxyl groups is 1. The lowest BCUT2D eigenvalue weighted by Gasteiger charge is -2.04. The number of phenolic OH excluding ortho intramolecular Hbond substituents is 1. The fraction of sp³-hybridized carbons (Fsp3) is 0.0769. The molecule has 0 spiro atoms. The minimum Gasteiger partial charge on any atom is -0.507 e. The molecule has 0 saturated heterocycles. The van der Waals surface area contributed by atoms with E-state index in [0.717, 1.165) is 16.3 Å². The third-order valence-electron chi connectivity index (χ3n) is 2.34. The minimum absolute atomic E-state index is 0.0251. The lowest BCUT2D eigenvalue weighted by molar-refractivity contribution is 0.343. The number of phenols is 1. The maximum Gasteiger partial charge on any atom is 0.123 e. The molecule has 0 aliphatic carbocycles. The molecule has 0 atom stereocenters. The van der Waals surface area contributed by atoms with E-state index < -0.39 is 0 Å². The van der Waals surface area contributed by atoms with E-state index in [2.05, 4.69) is 0 Å². The predicted molar refractivity (Wildman–Crippen MR) is 61.7 cm³/mol. The number of benzene rings is 2. The summed E-state index contributed by atoms with van der Waals surface area (Å²) in [7, 11) is 0. The average molecular weight is 200 g/mol. The first-order valence-corrected chi connectivity index (χ1v) is 4.81. The van der Waals surface area contributed by atoms with Crippen molar-refractivity contribution in [2.24, 2.45) is 0 Å². The quantitative estimate of drug-likeness (QED) is 0.782. The third-order valence-corrected chi connectivity index (χ3v) is 2.34. The van der Waals surface area contributed by atoms with E-state index in [4.69, 9.17) is 5.11 Å². The topological polar surface area (TPSA) is 40.5 Å². The van der Waals surface area contributed by atoms with E-state index in [-0.39, 0.29) is 12.4 Å². The molecule has 15 heavy (non-hydrogen) atoms. The van der Waals surface area contributed by atoms with Crippen molar-refractivity contribution >= 4 is 16.8 Å². The second kappa shape index (κ2) is 4.15. The summed E-state index contributed by atoms with van der Waals surface area (Å²) in [5, 5.41) is 20.5. The lowest BCUT2D eigenvalue weighted by atomic mass is 10.0. The highest BCUT2D eigenvalue weighted by Crippen LogP contribution is 2.27. The second-order valence-electron chi connectivity index (χ2n) is 3.30. The molecule has 0 bridgehead atoms. The number of hydrogen-bond acceptors (Lipinski definition) is 2. The van der Waals surface area contributed by atoms with Crippen molar-refractivity contribution in [2.45, 2.75) is 0 Å². The van der Waals surface area contributed by atoms with E-state index in [9.17, 15) is 5.11 Å². The largest absolute Gasteiger partial charge is 0.507 e. The van der Waals surface area contributed by atoms with Gasteiger partial charge in [-0.05, 0) is 16.8 Å². The molecule has 2 aromatic carbocycles. The van der Waals surface area contributed by atoms with Crippen LogP contribution in [0.1, 0.15) is 5.56 Å². The summed E-state index contributed by atoms with van der Waals surface area (Å²) in [5.41, 5.74) is 0.752. The Labute approximate surface area is 88.1 Å². The van der Waals surface area contributed by atoms with E-state index in [1.54, 1.807) is 18.2 Å². The molecule has 0 fully saturated rings. The molecule has 76 valence electrons. The van der Waals surface area contributed by atoms with Crippen LogP contribution in [0.2, 0.25) is 0 Å². The first kappa shape index (κ1) is 9.74. The molecule has 0 unspecified atom stereocenters. The van der Waals surface area contributed by atoms with Crippen molar-refractivity contribution in [3.05, 3.63) is 48.0 Å². The summed E-state index contributed by atoms with van der Waals surface area (Å²) in [4.78, 5) is 0. The van der Waals surface area contributed by atoms with Gasteiger partial charge in [0.25, 0.3) is 0 Å². The number of rotatable bonds is 2. The molecule has 0 saturated carbocycles. The molecule has 0 aliphatic rings. The molecule has 0 amide bonds. The van der Waals surface area contributed by atoms with Gasteiger partial charge >= 0.3 is 0 Å². The maximum absolute atomic E-state index is 9.70. The number of fused-ring (bicyclic) bond motifs is 1. The van der Waals surface area contributed by atoms with Crippen LogP contribution in [-0.2, 0) is 0 Å². The van der Waals surface area contributed by atoms with E-state index in [0.29, 0.717) is 0 Å². The molecule has 0 aliphatic heterocycles. The van der Waals surface area contributed by atoms with Crippen LogP contribution in [0.15, 0.2) is 42.5 Å². The van der Waals surface area contributed by atoms with Crippen LogP contribution >= 0.6 is 0 Å². The Morgan fingerprint density at radius 2 is 1.87 bits per heavy atom. The molecular weight excluding hydrogens is 188 g/mol. The molecule has 2 aromatic rings. The van der Waals surface area contributed by atoms with Gasteiger partial charge in [0, 0.05) is 5.56 Å². The molecule has 2 heteroatoms. The summed E-state index contributed by atoms with van der Waals surface area (Å²) in [6.45, 7) is -0.0251. The third kappa shape index (κ3) is 1.85. The zero-order valence-corrected chi connectivity index (χ0v) is 8.22. The van der Waals surface area contributed by atoms with E-state index in [1.807, 2.05) is 30.3 Å². The van der Waals surface area contributed by atoms with Gasteiger partial charge < -0.3 is 10.2 Å². The zero-order valence-electron chi connectivity index (χ0n) is 8.22. The highest BCUT2D eigenvalue weighted by molar-refractivity contribution is 5.92. The van der Waals surface area contributed by atoms with Gasteiger partial charge in [0.2, 0.25) is 0 Å². The van der Waals surface area contributed by atoms with Crippen LogP contribution in [0.4, 0.5) is 0 Å². The fourth-order valence-electron chi connectivity index (χ4n) is 1.63. The van der Waals surface area contributed by atoms with Gasteiger partial charge in [-0.3, -0.25) is 0 Å². The van der Waals surface area contributed by atoms with Crippen LogP contribution < -0.4 is 0 Å². The smallest absolute Gasteiger partial charge is 0.123 e. The van der Waals surface area contributed by atoms with Crippen molar-refractivity contribution in [3.63, 3.8) is 0 Å². The van der Waals surface area contributed by atoms with Crippen LogP contribution in [0, 0.1) is 0 Å². The maximum atomic E-state index is 9.70. The Morgan fingerprint density at radius 1 is 1.07 bits per heavy atom. The summed E-state index contributed by atoms with van der Waals surface area (Å²) in [6, 6.07) is 11.4. The summed E-state index contributed by atoms with van der Waals surface area (Å²) in [5.74, 6) is 0.235. The molecular formula is C13H12O2. The molecule has 2 nitrogen and oxygen atoms in total. The molecule has 0 heterocycles. The molecule has 0 radical (unpaired) electrons. The normalized spacial score (nSPS) is 11.3. The fourth-order valence-corrected chi connectivity index (χ4v) is 1.63. The molecule has 2 N–H and O–H groups in total. The van der Waals surface area contributed by atoms with Gasteiger partial charge in [-0.2, -0.15) is 0 Å². The van der Waals surface area contributed by atoms with Gasteiger partial charge in [-0.15, -0.1) is 0 Å². The van der Waals surface area contributed by atoms with Gasteiger partial charge in [-0.25, -0.2) is 0 Å².